The van der Waals surface area contributed by atoms with Crippen molar-refractivity contribution in [2.24, 2.45) is 17.8 Å². The SMILES string of the molecule is O=C(O)[C@@H]1CN(C(=O)NCC2CCC(F)(F)C2)C[C@H]1C(F)(F)F. The van der Waals surface area contributed by atoms with E-state index in [4.69, 9.17) is 5.11 Å². The minimum absolute atomic E-state index is 0.0562. The lowest BCUT2D eigenvalue weighted by atomic mass is 9.96. The Balaban J connectivity index is 1.89. The van der Waals surface area contributed by atoms with Crippen molar-refractivity contribution in [1.82, 2.24) is 10.2 Å². The van der Waals surface area contributed by atoms with Crippen LogP contribution in [0.25, 0.3) is 0 Å². The van der Waals surface area contributed by atoms with E-state index in [2.05, 4.69) is 5.32 Å². The van der Waals surface area contributed by atoms with Gasteiger partial charge >= 0.3 is 18.2 Å². The number of carboxylic acid groups (broad SMARTS) is 1. The molecule has 0 aromatic heterocycles. The first-order valence-corrected chi connectivity index (χ1v) is 7.20. The van der Waals surface area contributed by atoms with E-state index >= 15 is 0 Å². The lowest BCUT2D eigenvalue weighted by Crippen LogP contribution is -2.41. The number of urea groups is 1. The Morgan fingerprint density at radius 2 is 1.91 bits per heavy atom. The molecule has 5 nitrogen and oxygen atoms in total. The Bertz CT molecular complexity index is 483. The van der Waals surface area contributed by atoms with E-state index in [0.29, 0.717) is 0 Å². The summed E-state index contributed by atoms with van der Waals surface area (Å²) in [4.78, 5) is 23.6. The summed E-state index contributed by atoms with van der Waals surface area (Å²) >= 11 is 0. The van der Waals surface area contributed by atoms with Crippen molar-refractivity contribution >= 4 is 12.0 Å². The molecular weight excluding hydrogens is 327 g/mol. The summed E-state index contributed by atoms with van der Waals surface area (Å²) in [5, 5.41) is 11.2. The first-order chi connectivity index (χ1) is 10.5. The van der Waals surface area contributed by atoms with Gasteiger partial charge in [0.1, 0.15) is 0 Å². The number of nitrogens with one attached hydrogen (secondary N) is 1. The van der Waals surface area contributed by atoms with E-state index in [1.54, 1.807) is 0 Å². The summed E-state index contributed by atoms with van der Waals surface area (Å²) < 4.78 is 64.5. The summed E-state index contributed by atoms with van der Waals surface area (Å²) in [6.07, 6.45) is -5.12. The van der Waals surface area contributed by atoms with Crippen LogP contribution in [0.3, 0.4) is 0 Å². The van der Waals surface area contributed by atoms with Crippen LogP contribution >= 0.6 is 0 Å². The fraction of sp³-hybridized carbons (Fsp3) is 0.846. The van der Waals surface area contributed by atoms with Gasteiger partial charge in [-0.15, -0.1) is 0 Å². The van der Waals surface area contributed by atoms with Gasteiger partial charge in [0.15, 0.2) is 0 Å². The average Bonchev–Trinajstić information content (AvgIpc) is 2.99. The highest BCUT2D eigenvalue weighted by atomic mass is 19.4. The number of amides is 2. The van der Waals surface area contributed by atoms with Crippen LogP contribution < -0.4 is 5.32 Å². The Labute approximate surface area is 128 Å². The number of hydrogen-bond donors (Lipinski definition) is 2. The van der Waals surface area contributed by atoms with Crippen molar-refractivity contribution in [3.05, 3.63) is 0 Å². The van der Waals surface area contributed by atoms with Gasteiger partial charge in [-0.25, -0.2) is 13.6 Å². The molecule has 1 aliphatic carbocycles. The molecule has 1 heterocycles. The first-order valence-electron chi connectivity index (χ1n) is 7.20. The van der Waals surface area contributed by atoms with Gasteiger partial charge in [0.2, 0.25) is 5.92 Å². The highest BCUT2D eigenvalue weighted by Gasteiger charge is 2.53. The van der Waals surface area contributed by atoms with Crippen molar-refractivity contribution < 1.29 is 36.6 Å². The first kappa shape index (κ1) is 17.7. The second-order valence-corrected chi connectivity index (χ2v) is 6.15. The number of carbonyl (C=O) groups excluding carboxylic acids is 1. The third-order valence-corrected chi connectivity index (χ3v) is 4.39. The topological polar surface area (TPSA) is 69.6 Å². The number of likely N-dealkylation sites (tertiary alicyclic amines) is 1. The molecule has 1 unspecified atom stereocenters. The normalized spacial score (nSPS) is 30.5. The van der Waals surface area contributed by atoms with Crippen LogP contribution in [0, 0.1) is 17.8 Å². The third-order valence-electron chi connectivity index (χ3n) is 4.39. The third kappa shape index (κ3) is 4.23. The molecule has 2 fully saturated rings. The van der Waals surface area contributed by atoms with Gasteiger partial charge in [-0.1, -0.05) is 0 Å². The lowest BCUT2D eigenvalue weighted by molar-refractivity contribution is -0.187. The highest BCUT2D eigenvalue weighted by Crippen LogP contribution is 2.39. The molecule has 1 aliphatic heterocycles. The molecule has 2 amide bonds. The Hall–Kier alpha value is -1.61. The molecule has 2 aliphatic rings. The molecule has 0 aromatic carbocycles. The number of nitrogens with zero attached hydrogens (tertiary/aromatic N) is 1. The van der Waals surface area contributed by atoms with E-state index in [0.717, 1.165) is 4.90 Å². The summed E-state index contributed by atoms with van der Waals surface area (Å²) in [6, 6.07) is -0.849. The molecule has 23 heavy (non-hydrogen) atoms. The quantitative estimate of drug-likeness (QED) is 0.772. The maximum absolute atomic E-state index is 13.0. The Kier molecular flexibility index (Phi) is 4.72. The van der Waals surface area contributed by atoms with Gasteiger partial charge in [0.05, 0.1) is 11.8 Å². The molecular formula is C13H17F5N2O3. The van der Waals surface area contributed by atoms with Crippen molar-refractivity contribution in [2.45, 2.75) is 31.4 Å². The predicted octanol–water partition coefficient (Wildman–Crippen LogP) is 2.33. The zero-order chi connectivity index (χ0) is 17.4. The van der Waals surface area contributed by atoms with E-state index in [9.17, 15) is 31.5 Å². The highest BCUT2D eigenvalue weighted by molar-refractivity contribution is 5.77. The van der Waals surface area contributed by atoms with Crippen LogP contribution in [-0.2, 0) is 4.79 Å². The van der Waals surface area contributed by atoms with Crippen LogP contribution in [0.15, 0.2) is 0 Å². The fourth-order valence-corrected chi connectivity index (χ4v) is 3.11. The molecule has 2 N–H and O–H groups in total. The van der Waals surface area contributed by atoms with Crippen molar-refractivity contribution in [1.29, 1.82) is 0 Å². The van der Waals surface area contributed by atoms with Gasteiger partial charge in [0.25, 0.3) is 0 Å². The van der Waals surface area contributed by atoms with E-state index < -0.39 is 54.9 Å². The molecule has 0 spiro atoms. The minimum atomic E-state index is -4.72. The summed E-state index contributed by atoms with van der Waals surface area (Å²) in [5.41, 5.74) is 0. The molecule has 1 saturated heterocycles. The lowest BCUT2D eigenvalue weighted by Gasteiger charge is -2.20. The molecule has 2 rings (SSSR count). The standard InChI is InChI=1S/C13H17F5N2O3/c14-12(15)2-1-7(3-12)4-19-11(23)20-5-8(10(21)22)9(6-20)13(16,17)18/h7-9H,1-6H2,(H,19,23)(H,21,22)/t7?,8-,9-/m1/s1. The molecule has 1 saturated carbocycles. The number of halogens is 5. The average molecular weight is 344 g/mol. The summed E-state index contributed by atoms with van der Waals surface area (Å²) in [5.74, 6) is -8.64. The number of carbonyl (C=O) groups is 2. The molecule has 0 radical (unpaired) electrons. The molecule has 3 atom stereocenters. The predicted molar refractivity (Wildman–Crippen MR) is 67.9 cm³/mol. The molecule has 10 heteroatoms. The molecule has 0 aromatic rings. The maximum atomic E-state index is 13.0. The maximum Gasteiger partial charge on any atom is 0.394 e. The van der Waals surface area contributed by atoms with Gasteiger partial charge in [-0.05, 0) is 12.3 Å². The van der Waals surface area contributed by atoms with Gasteiger partial charge in [0, 0.05) is 32.5 Å². The van der Waals surface area contributed by atoms with E-state index in [-0.39, 0.29) is 25.8 Å². The fourth-order valence-electron chi connectivity index (χ4n) is 3.11. The van der Waals surface area contributed by atoms with Crippen LogP contribution in [0.4, 0.5) is 26.7 Å². The minimum Gasteiger partial charge on any atom is -0.481 e. The van der Waals surface area contributed by atoms with Crippen LogP contribution in [-0.4, -0.2) is 53.7 Å². The van der Waals surface area contributed by atoms with E-state index in [1.165, 1.54) is 0 Å². The zero-order valence-electron chi connectivity index (χ0n) is 12.1. The summed E-state index contributed by atoms with van der Waals surface area (Å²) in [7, 11) is 0. The zero-order valence-corrected chi connectivity index (χ0v) is 12.1. The number of hydrogen-bond acceptors (Lipinski definition) is 2. The number of rotatable bonds is 3. The van der Waals surface area contributed by atoms with Crippen molar-refractivity contribution in [2.75, 3.05) is 19.6 Å². The van der Waals surface area contributed by atoms with Crippen molar-refractivity contribution in [3.63, 3.8) is 0 Å². The number of carboxylic acids is 1. The smallest absolute Gasteiger partial charge is 0.394 e. The van der Waals surface area contributed by atoms with Gasteiger partial charge < -0.3 is 15.3 Å². The number of alkyl halides is 5. The van der Waals surface area contributed by atoms with Gasteiger partial charge in [-0.3, -0.25) is 4.79 Å². The van der Waals surface area contributed by atoms with E-state index in [1.807, 2.05) is 0 Å². The van der Waals surface area contributed by atoms with Gasteiger partial charge in [-0.2, -0.15) is 13.2 Å². The second kappa shape index (κ2) is 6.12. The second-order valence-electron chi connectivity index (χ2n) is 6.15. The van der Waals surface area contributed by atoms with Crippen LogP contribution in [0.2, 0.25) is 0 Å². The monoisotopic (exact) mass is 344 g/mol. The summed E-state index contributed by atoms with van der Waals surface area (Å²) in [6.45, 7) is -1.35. The molecule has 0 bridgehead atoms. The van der Waals surface area contributed by atoms with Crippen LogP contribution in [0.1, 0.15) is 19.3 Å². The largest absolute Gasteiger partial charge is 0.481 e. The Morgan fingerprint density at radius 1 is 1.26 bits per heavy atom. The van der Waals surface area contributed by atoms with Crippen molar-refractivity contribution in [3.8, 4) is 0 Å². The van der Waals surface area contributed by atoms with Crippen LogP contribution in [0.5, 0.6) is 0 Å². The number of aliphatic carboxylic acids is 1. The molecule has 132 valence electrons. The Morgan fingerprint density at radius 3 is 2.35 bits per heavy atom.